The third-order valence-corrected chi connectivity index (χ3v) is 6.49. The first-order chi connectivity index (χ1) is 19.2. The zero-order chi connectivity index (χ0) is 28.3. The van der Waals surface area contributed by atoms with E-state index in [-0.39, 0.29) is 34.2 Å². The number of carbonyl (C=O) groups is 1. The van der Waals surface area contributed by atoms with E-state index in [1.54, 1.807) is 24.3 Å². The molecule has 0 unspecified atom stereocenters. The van der Waals surface area contributed by atoms with Crippen molar-refractivity contribution in [3.8, 4) is 5.75 Å². The Morgan fingerprint density at radius 3 is 2.50 bits per heavy atom. The van der Waals surface area contributed by atoms with Crippen molar-refractivity contribution in [1.82, 2.24) is 19.9 Å². The van der Waals surface area contributed by atoms with E-state index in [0.717, 1.165) is 25.2 Å². The van der Waals surface area contributed by atoms with Crippen LogP contribution < -0.4 is 26.1 Å². The zero-order valence-electron chi connectivity index (χ0n) is 21.4. The molecule has 1 fully saturated rings. The minimum atomic E-state index is -4.60. The van der Waals surface area contributed by atoms with Gasteiger partial charge in [-0.3, -0.25) is 4.79 Å². The highest BCUT2D eigenvalue weighted by Gasteiger charge is 2.32. The van der Waals surface area contributed by atoms with Gasteiger partial charge >= 0.3 is 12.2 Å². The van der Waals surface area contributed by atoms with Crippen LogP contribution in [0.4, 0.5) is 40.8 Å². The van der Waals surface area contributed by atoms with Gasteiger partial charge in [-0.1, -0.05) is 12.1 Å². The number of pyridine rings is 1. The molecule has 0 bridgehead atoms. The van der Waals surface area contributed by atoms with E-state index in [0.29, 0.717) is 29.9 Å². The van der Waals surface area contributed by atoms with Crippen molar-refractivity contribution in [2.45, 2.75) is 25.1 Å². The fourth-order valence-electron chi connectivity index (χ4n) is 4.40. The Kier molecular flexibility index (Phi) is 7.56. The van der Waals surface area contributed by atoms with Crippen molar-refractivity contribution in [3.63, 3.8) is 0 Å². The molecule has 10 nitrogen and oxygen atoms in total. The van der Waals surface area contributed by atoms with Crippen molar-refractivity contribution in [2.75, 3.05) is 36.1 Å². The van der Waals surface area contributed by atoms with Gasteiger partial charge in [0, 0.05) is 25.4 Å². The fraction of sp³-hybridized carbons (Fsp3) is 0.259. The number of anilines is 4. The summed E-state index contributed by atoms with van der Waals surface area (Å²) < 4.78 is 46.4. The highest BCUT2D eigenvalue weighted by atomic mass is 19.4. The first-order valence-corrected chi connectivity index (χ1v) is 12.5. The minimum absolute atomic E-state index is 0.106. The number of fused-ring (bicyclic) bond motifs is 1. The SMILES string of the molecule is CN1CCC(Oc2ccc(C(F)(F)F)cc2NC(=O)Nc2ccccc2Nc2ncnc3[nH]ccc(=O)c23)CC1. The number of halogens is 3. The number of benzene rings is 2. The van der Waals surface area contributed by atoms with E-state index in [4.69, 9.17) is 4.74 Å². The summed E-state index contributed by atoms with van der Waals surface area (Å²) in [5.41, 5.74) is -0.306. The van der Waals surface area contributed by atoms with E-state index >= 15 is 0 Å². The number of hydrogen-bond donors (Lipinski definition) is 4. The lowest BCUT2D eigenvalue weighted by Crippen LogP contribution is -2.35. The van der Waals surface area contributed by atoms with Gasteiger partial charge in [-0.15, -0.1) is 0 Å². The molecule has 1 aliphatic heterocycles. The van der Waals surface area contributed by atoms with Gasteiger partial charge in [0.05, 0.1) is 22.6 Å². The van der Waals surface area contributed by atoms with E-state index in [1.807, 2.05) is 7.05 Å². The molecule has 4 N–H and O–H groups in total. The van der Waals surface area contributed by atoms with Crippen molar-refractivity contribution < 1.29 is 22.7 Å². The average molecular weight is 554 g/mol. The van der Waals surface area contributed by atoms with Crippen LogP contribution in [0.3, 0.4) is 0 Å². The number of carbonyl (C=O) groups excluding carboxylic acids is 1. The second-order valence-corrected chi connectivity index (χ2v) is 9.37. The molecule has 4 aromatic rings. The molecule has 1 saturated heterocycles. The molecule has 1 aliphatic rings. The molecule has 2 amide bonds. The van der Waals surface area contributed by atoms with Crippen LogP contribution in [0.2, 0.25) is 0 Å². The van der Waals surface area contributed by atoms with Gasteiger partial charge in [-0.2, -0.15) is 13.2 Å². The number of alkyl halides is 3. The number of likely N-dealkylation sites (tertiary alicyclic amines) is 1. The molecular formula is C27H26F3N7O3. The van der Waals surface area contributed by atoms with E-state index in [1.165, 1.54) is 24.7 Å². The van der Waals surface area contributed by atoms with Crippen molar-refractivity contribution >= 4 is 39.9 Å². The summed E-state index contributed by atoms with van der Waals surface area (Å²) in [6.45, 7) is 1.59. The monoisotopic (exact) mass is 553 g/mol. The predicted molar refractivity (Wildman–Crippen MR) is 145 cm³/mol. The van der Waals surface area contributed by atoms with E-state index in [9.17, 15) is 22.8 Å². The van der Waals surface area contributed by atoms with Crippen LogP contribution in [0.15, 0.2) is 65.8 Å². The highest BCUT2D eigenvalue weighted by Crippen LogP contribution is 2.36. The molecule has 208 valence electrons. The number of ether oxygens (including phenoxy) is 1. The Balaban J connectivity index is 1.38. The third kappa shape index (κ3) is 6.15. The van der Waals surface area contributed by atoms with Crippen LogP contribution in [0.5, 0.6) is 5.75 Å². The Morgan fingerprint density at radius 2 is 1.75 bits per heavy atom. The molecular weight excluding hydrogens is 527 g/mol. The topological polar surface area (TPSA) is 124 Å². The number of nitrogens with one attached hydrogen (secondary N) is 4. The van der Waals surface area contributed by atoms with Crippen LogP contribution in [0.25, 0.3) is 11.0 Å². The molecule has 3 heterocycles. The van der Waals surface area contributed by atoms with E-state index in [2.05, 4.69) is 35.8 Å². The maximum atomic E-state index is 13.5. The third-order valence-electron chi connectivity index (χ3n) is 6.49. The Bertz CT molecular complexity index is 1580. The molecule has 0 spiro atoms. The van der Waals surface area contributed by atoms with Crippen molar-refractivity contribution in [3.05, 3.63) is 76.8 Å². The number of piperidine rings is 1. The number of rotatable bonds is 6. The number of H-pyrrole nitrogens is 1. The van der Waals surface area contributed by atoms with Gasteiger partial charge in [0.15, 0.2) is 5.43 Å². The number of nitrogens with zero attached hydrogens (tertiary/aromatic N) is 3. The van der Waals surface area contributed by atoms with Crippen LogP contribution in [0.1, 0.15) is 18.4 Å². The Morgan fingerprint density at radius 1 is 1.02 bits per heavy atom. The number of urea groups is 1. The number of aromatic amines is 1. The lowest BCUT2D eigenvalue weighted by Gasteiger charge is -2.30. The van der Waals surface area contributed by atoms with Crippen molar-refractivity contribution in [2.24, 2.45) is 0 Å². The molecule has 0 radical (unpaired) electrons. The lowest BCUT2D eigenvalue weighted by molar-refractivity contribution is -0.137. The summed E-state index contributed by atoms with van der Waals surface area (Å²) in [6, 6.07) is 10.2. The molecule has 2 aromatic carbocycles. The lowest BCUT2D eigenvalue weighted by atomic mass is 10.1. The summed E-state index contributed by atoms with van der Waals surface area (Å²) in [5, 5.41) is 8.42. The second kappa shape index (κ2) is 11.2. The van der Waals surface area contributed by atoms with E-state index < -0.39 is 17.8 Å². The normalized spacial score (nSPS) is 14.6. The summed E-state index contributed by atoms with van der Waals surface area (Å²) in [6.07, 6.45) is -0.616. The first kappa shape index (κ1) is 26.9. The van der Waals surface area contributed by atoms with Gasteiger partial charge in [0.2, 0.25) is 0 Å². The second-order valence-electron chi connectivity index (χ2n) is 9.37. The number of hydrogen-bond acceptors (Lipinski definition) is 7. The van der Waals surface area contributed by atoms with Gasteiger partial charge in [0.1, 0.15) is 35.0 Å². The number of amides is 2. The van der Waals surface area contributed by atoms with Crippen LogP contribution >= 0.6 is 0 Å². The molecule has 0 aliphatic carbocycles. The molecule has 0 atom stereocenters. The van der Waals surface area contributed by atoms with Gasteiger partial charge < -0.3 is 30.6 Å². The summed E-state index contributed by atoms with van der Waals surface area (Å²) in [5.74, 6) is 0.365. The Labute approximate surface area is 226 Å². The standard InChI is InChI=1S/C27H26F3N7O3/c1-37-12-9-17(10-13-37)40-22-7-6-16(27(28,29)30)14-20(22)36-26(39)35-19-5-3-2-4-18(19)34-25-23-21(38)8-11-31-24(23)32-15-33-25/h2-8,11,14-15,17H,9-10,12-13H2,1H3,(H2,35,36,39)(H2,31,32,33,34,38). The quantitative estimate of drug-likeness (QED) is 0.259. The number of aromatic nitrogens is 3. The van der Waals surface area contributed by atoms with Crippen molar-refractivity contribution in [1.29, 1.82) is 0 Å². The highest BCUT2D eigenvalue weighted by molar-refractivity contribution is 6.03. The summed E-state index contributed by atoms with van der Waals surface area (Å²) in [4.78, 5) is 38.7. The predicted octanol–water partition coefficient (Wildman–Crippen LogP) is 5.20. The molecule has 13 heteroatoms. The van der Waals surface area contributed by atoms with Crippen LogP contribution in [0, 0.1) is 0 Å². The van der Waals surface area contributed by atoms with Crippen LogP contribution in [-0.2, 0) is 6.18 Å². The molecule has 0 saturated carbocycles. The van der Waals surface area contributed by atoms with Gasteiger partial charge in [0.25, 0.3) is 0 Å². The maximum Gasteiger partial charge on any atom is 0.416 e. The zero-order valence-corrected chi connectivity index (χ0v) is 21.4. The molecule has 5 rings (SSSR count). The Hall–Kier alpha value is -4.65. The van der Waals surface area contributed by atoms with Crippen LogP contribution in [-0.4, -0.2) is 52.1 Å². The summed E-state index contributed by atoms with van der Waals surface area (Å²) >= 11 is 0. The summed E-state index contributed by atoms with van der Waals surface area (Å²) in [7, 11) is 1.99. The average Bonchev–Trinajstić information content (AvgIpc) is 2.91. The smallest absolute Gasteiger partial charge is 0.416 e. The molecule has 40 heavy (non-hydrogen) atoms. The largest absolute Gasteiger partial charge is 0.488 e. The first-order valence-electron chi connectivity index (χ1n) is 12.5. The fourth-order valence-corrected chi connectivity index (χ4v) is 4.40. The molecule has 2 aromatic heterocycles. The van der Waals surface area contributed by atoms with Gasteiger partial charge in [-0.05, 0) is 50.2 Å². The number of para-hydroxylation sites is 2. The van der Waals surface area contributed by atoms with Gasteiger partial charge in [-0.25, -0.2) is 14.8 Å². The minimum Gasteiger partial charge on any atom is -0.488 e. The maximum absolute atomic E-state index is 13.5.